The number of carbonyl (C=O) groups is 1. The molecule has 0 spiro atoms. The monoisotopic (exact) mass is 277 g/mol. The van der Waals surface area contributed by atoms with Gasteiger partial charge in [-0.3, -0.25) is 4.79 Å². The van der Waals surface area contributed by atoms with Crippen LogP contribution in [-0.4, -0.2) is 11.8 Å². The Bertz CT molecular complexity index is 297. The summed E-state index contributed by atoms with van der Waals surface area (Å²) in [5.41, 5.74) is 7.31. The highest BCUT2D eigenvalue weighted by Crippen LogP contribution is 2.09. The highest BCUT2D eigenvalue weighted by molar-refractivity contribution is 9.08. The first-order valence-corrected chi connectivity index (χ1v) is 5.22. The largest absolute Gasteiger partial charge is 0.321 e. The van der Waals surface area contributed by atoms with Crippen LogP contribution in [0.15, 0.2) is 24.3 Å². The lowest BCUT2D eigenvalue weighted by Gasteiger charge is -2.04. The lowest BCUT2D eigenvalue weighted by molar-refractivity contribution is 0.0968. The summed E-state index contributed by atoms with van der Waals surface area (Å²) in [7, 11) is 0. The summed E-state index contributed by atoms with van der Waals surface area (Å²) in [4.78, 5) is 11.4. The van der Waals surface area contributed by atoms with E-state index < -0.39 is 6.04 Å². The number of nitrogens with two attached hydrogens (primary N) is 1. The zero-order valence-electron chi connectivity index (χ0n) is 7.87. The van der Waals surface area contributed by atoms with Crippen LogP contribution in [0.3, 0.4) is 0 Å². The summed E-state index contributed by atoms with van der Waals surface area (Å²) in [5.74, 6) is -0.0128. The smallest absolute Gasteiger partial charge is 0.179 e. The van der Waals surface area contributed by atoms with Crippen molar-refractivity contribution in [3.8, 4) is 0 Å². The van der Waals surface area contributed by atoms with Gasteiger partial charge in [0.05, 0.1) is 6.04 Å². The predicted molar refractivity (Wildman–Crippen MR) is 64.3 cm³/mol. The molecular formula is C10H13BrClNO. The van der Waals surface area contributed by atoms with Crippen molar-refractivity contribution >= 4 is 34.1 Å². The summed E-state index contributed by atoms with van der Waals surface area (Å²) in [6, 6.07) is 7.04. The number of carbonyl (C=O) groups excluding carboxylic acids is 1. The number of alkyl halides is 1. The van der Waals surface area contributed by atoms with Crippen molar-refractivity contribution in [1.82, 2.24) is 0 Å². The fourth-order valence-corrected chi connectivity index (χ4v) is 1.39. The molecule has 1 rings (SSSR count). The maximum absolute atomic E-state index is 11.4. The van der Waals surface area contributed by atoms with Crippen LogP contribution in [0.4, 0.5) is 0 Å². The molecule has 0 unspecified atom stereocenters. The number of Topliss-reactive ketones (excluding diaryl/α,β-unsaturated/α-hetero) is 1. The Balaban J connectivity index is 0.00000169. The van der Waals surface area contributed by atoms with Crippen molar-refractivity contribution < 1.29 is 4.79 Å². The number of ketones is 1. The number of hydrogen-bond acceptors (Lipinski definition) is 2. The van der Waals surface area contributed by atoms with Crippen LogP contribution in [0.2, 0.25) is 0 Å². The Morgan fingerprint density at radius 1 is 1.43 bits per heavy atom. The summed E-state index contributed by atoms with van der Waals surface area (Å²) in [5, 5.41) is 0.805. The summed E-state index contributed by atoms with van der Waals surface area (Å²) >= 11 is 3.34. The standard InChI is InChI=1S/C10H12BrNO.ClH/c1-7(12)10(13)9-4-2-8(6-11)3-5-9;/h2-5,7H,6,12H2,1H3;1H/t7-;/m0./s1. The second-order valence-electron chi connectivity index (χ2n) is 2.98. The van der Waals surface area contributed by atoms with Gasteiger partial charge in [-0.2, -0.15) is 0 Å². The lowest BCUT2D eigenvalue weighted by atomic mass is 10.0. The van der Waals surface area contributed by atoms with E-state index in [0.717, 1.165) is 10.9 Å². The fraction of sp³-hybridized carbons (Fsp3) is 0.300. The minimum Gasteiger partial charge on any atom is -0.321 e. The van der Waals surface area contributed by atoms with Gasteiger partial charge in [-0.1, -0.05) is 40.2 Å². The zero-order chi connectivity index (χ0) is 9.84. The van der Waals surface area contributed by atoms with E-state index in [1.54, 1.807) is 6.92 Å². The highest BCUT2D eigenvalue weighted by Gasteiger charge is 2.09. The molecule has 0 saturated carbocycles. The van der Waals surface area contributed by atoms with Gasteiger partial charge in [-0.25, -0.2) is 0 Å². The molecule has 2 N–H and O–H groups in total. The first-order chi connectivity index (χ1) is 6.15. The van der Waals surface area contributed by atoms with E-state index >= 15 is 0 Å². The van der Waals surface area contributed by atoms with Crippen molar-refractivity contribution in [2.24, 2.45) is 5.73 Å². The van der Waals surface area contributed by atoms with Gasteiger partial charge < -0.3 is 5.73 Å². The average Bonchev–Trinajstić information content (AvgIpc) is 2.17. The SMILES string of the molecule is C[C@H](N)C(=O)c1ccc(CBr)cc1.Cl. The Hall–Kier alpha value is -0.380. The van der Waals surface area contributed by atoms with E-state index in [2.05, 4.69) is 15.9 Å². The number of rotatable bonds is 3. The number of benzene rings is 1. The topological polar surface area (TPSA) is 43.1 Å². The molecule has 0 aliphatic heterocycles. The second kappa shape index (κ2) is 6.17. The first kappa shape index (κ1) is 13.6. The third-order valence-electron chi connectivity index (χ3n) is 1.81. The molecule has 0 aliphatic carbocycles. The molecule has 1 atom stereocenters. The van der Waals surface area contributed by atoms with Gasteiger partial charge in [0.1, 0.15) is 0 Å². The molecule has 2 nitrogen and oxygen atoms in total. The Morgan fingerprint density at radius 2 is 1.93 bits per heavy atom. The Kier molecular flexibility index (Phi) is 6.00. The van der Waals surface area contributed by atoms with Gasteiger partial charge >= 0.3 is 0 Å². The molecule has 0 saturated heterocycles. The highest BCUT2D eigenvalue weighted by atomic mass is 79.9. The quantitative estimate of drug-likeness (QED) is 0.682. The first-order valence-electron chi connectivity index (χ1n) is 4.10. The van der Waals surface area contributed by atoms with Gasteiger partial charge in [0.25, 0.3) is 0 Å². The van der Waals surface area contributed by atoms with E-state index in [1.165, 1.54) is 0 Å². The molecule has 0 fully saturated rings. The third kappa shape index (κ3) is 3.40. The van der Waals surface area contributed by atoms with E-state index in [4.69, 9.17) is 5.73 Å². The van der Waals surface area contributed by atoms with Crippen molar-refractivity contribution in [3.63, 3.8) is 0 Å². The molecule has 0 bridgehead atoms. The Labute approximate surface area is 98.4 Å². The average molecular weight is 279 g/mol. The Morgan fingerprint density at radius 3 is 2.29 bits per heavy atom. The molecule has 0 radical (unpaired) electrons. The molecule has 0 aliphatic rings. The van der Waals surface area contributed by atoms with Crippen LogP contribution in [-0.2, 0) is 5.33 Å². The van der Waals surface area contributed by atoms with Crippen molar-refractivity contribution in [2.75, 3.05) is 0 Å². The van der Waals surface area contributed by atoms with Gasteiger partial charge in [-0.15, -0.1) is 12.4 Å². The van der Waals surface area contributed by atoms with Crippen LogP contribution in [0, 0.1) is 0 Å². The van der Waals surface area contributed by atoms with Gasteiger partial charge in [0.2, 0.25) is 0 Å². The number of hydrogen-bond donors (Lipinski definition) is 1. The zero-order valence-corrected chi connectivity index (χ0v) is 10.3. The van der Waals surface area contributed by atoms with E-state index in [-0.39, 0.29) is 18.2 Å². The summed E-state index contributed by atoms with van der Waals surface area (Å²) in [6.45, 7) is 1.70. The van der Waals surface area contributed by atoms with Gasteiger partial charge in [0, 0.05) is 10.9 Å². The predicted octanol–water partition coefficient (Wildman–Crippen LogP) is 2.53. The van der Waals surface area contributed by atoms with Gasteiger partial charge in [0.15, 0.2) is 5.78 Å². The molecular weight excluding hydrogens is 265 g/mol. The van der Waals surface area contributed by atoms with E-state index in [9.17, 15) is 4.79 Å². The molecule has 1 aromatic carbocycles. The number of halogens is 2. The minimum atomic E-state index is -0.421. The van der Waals surface area contributed by atoms with Crippen molar-refractivity contribution in [1.29, 1.82) is 0 Å². The summed E-state index contributed by atoms with van der Waals surface area (Å²) < 4.78 is 0. The third-order valence-corrected chi connectivity index (χ3v) is 2.45. The summed E-state index contributed by atoms with van der Waals surface area (Å²) in [6.07, 6.45) is 0. The fourth-order valence-electron chi connectivity index (χ4n) is 1.02. The minimum absolute atomic E-state index is 0. The lowest BCUT2D eigenvalue weighted by Crippen LogP contribution is -2.26. The van der Waals surface area contributed by atoms with Crippen LogP contribution in [0.25, 0.3) is 0 Å². The maximum Gasteiger partial charge on any atom is 0.179 e. The molecule has 78 valence electrons. The van der Waals surface area contributed by atoms with Gasteiger partial charge in [-0.05, 0) is 12.5 Å². The van der Waals surface area contributed by atoms with E-state index in [1.807, 2.05) is 24.3 Å². The van der Waals surface area contributed by atoms with Crippen LogP contribution >= 0.6 is 28.3 Å². The van der Waals surface area contributed by atoms with E-state index in [0.29, 0.717) is 5.56 Å². The molecule has 0 amide bonds. The second-order valence-corrected chi connectivity index (χ2v) is 3.54. The maximum atomic E-state index is 11.4. The molecule has 0 aromatic heterocycles. The van der Waals surface area contributed by atoms with Crippen molar-refractivity contribution in [2.45, 2.75) is 18.3 Å². The molecule has 1 aromatic rings. The molecule has 0 heterocycles. The normalized spacial score (nSPS) is 11.6. The molecule has 14 heavy (non-hydrogen) atoms. The molecule has 4 heteroatoms. The van der Waals surface area contributed by atoms with Crippen molar-refractivity contribution in [3.05, 3.63) is 35.4 Å². The van der Waals surface area contributed by atoms with Crippen LogP contribution < -0.4 is 5.73 Å². The van der Waals surface area contributed by atoms with Crippen LogP contribution in [0.5, 0.6) is 0 Å². The van der Waals surface area contributed by atoms with Crippen LogP contribution in [0.1, 0.15) is 22.8 Å².